The summed E-state index contributed by atoms with van der Waals surface area (Å²) in [5.41, 5.74) is 6.64. The number of carbonyl (C=O) groups excluding carboxylic acids is 1. The second kappa shape index (κ2) is 7.87. The Bertz CT molecular complexity index is 483. The lowest BCUT2D eigenvalue weighted by atomic mass is 10.1. The van der Waals surface area contributed by atoms with Crippen molar-refractivity contribution >= 4 is 40.5 Å². The van der Waals surface area contributed by atoms with Gasteiger partial charge in [0.1, 0.15) is 0 Å². The van der Waals surface area contributed by atoms with Gasteiger partial charge in [0.15, 0.2) is 0 Å². The lowest BCUT2D eigenvalue weighted by molar-refractivity contribution is -0.120. The molecular weight excluding hydrogens is 309 g/mol. The molecule has 0 heterocycles. The van der Waals surface area contributed by atoms with Crippen molar-refractivity contribution in [1.82, 2.24) is 4.90 Å². The lowest BCUT2D eigenvalue weighted by Crippen LogP contribution is -2.43. The van der Waals surface area contributed by atoms with Gasteiger partial charge in [-0.15, -0.1) is 0 Å². The molecule has 1 unspecified atom stereocenters. The van der Waals surface area contributed by atoms with Crippen molar-refractivity contribution in [3.05, 3.63) is 22.2 Å². The Balaban J connectivity index is 2.85. The van der Waals surface area contributed by atoms with E-state index in [1.54, 1.807) is 12.1 Å². The monoisotopic (exact) mass is 331 g/mol. The molecular formula is C15H23Cl2N3O. The average molecular weight is 332 g/mol. The minimum absolute atomic E-state index is 0.131. The molecule has 1 aromatic carbocycles. The number of rotatable bonds is 6. The van der Waals surface area contributed by atoms with Gasteiger partial charge in [-0.3, -0.25) is 9.69 Å². The number of halogens is 2. The van der Waals surface area contributed by atoms with Crippen LogP contribution in [-0.4, -0.2) is 29.9 Å². The van der Waals surface area contributed by atoms with Crippen molar-refractivity contribution in [3.63, 3.8) is 0 Å². The molecule has 1 rings (SSSR count). The molecule has 0 aliphatic heterocycles. The maximum atomic E-state index is 12.4. The van der Waals surface area contributed by atoms with Gasteiger partial charge in [-0.25, -0.2) is 0 Å². The minimum Gasteiger partial charge on any atom is -0.397 e. The van der Waals surface area contributed by atoms with Crippen LogP contribution in [0.4, 0.5) is 11.4 Å². The normalized spacial score (nSPS) is 12.8. The van der Waals surface area contributed by atoms with Gasteiger partial charge in [0, 0.05) is 11.6 Å². The first-order valence-corrected chi connectivity index (χ1v) is 7.81. The molecule has 0 aliphatic carbocycles. The largest absolute Gasteiger partial charge is 0.397 e. The van der Waals surface area contributed by atoms with E-state index in [1.807, 2.05) is 13.8 Å². The van der Waals surface area contributed by atoms with Gasteiger partial charge in [-0.1, -0.05) is 44.0 Å². The van der Waals surface area contributed by atoms with E-state index in [2.05, 4.69) is 24.1 Å². The van der Waals surface area contributed by atoms with Crippen LogP contribution in [0.15, 0.2) is 12.1 Å². The number of hydrogen-bond donors (Lipinski definition) is 2. The molecule has 1 amide bonds. The van der Waals surface area contributed by atoms with Crippen LogP contribution in [0.5, 0.6) is 0 Å². The number of nitrogen functional groups attached to an aromatic ring is 1. The number of nitrogens with zero attached hydrogens (tertiary/aromatic N) is 1. The van der Waals surface area contributed by atoms with E-state index in [0.29, 0.717) is 27.3 Å². The summed E-state index contributed by atoms with van der Waals surface area (Å²) in [5, 5.41) is 3.58. The molecule has 1 aromatic rings. The highest BCUT2D eigenvalue weighted by atomic mass is 35.5. The van der Waals surface area contributed by atoms with E-state index in [-0.39, 0.29) is 11.9 Å². The SMILES string of the molecule is CCN(CC(C)C)C(C)C(=O)Nc1c(N)cc(Cl)cc1Cl. The highest BCUT2D eigenvalue weighted by molar-refractivity contribution is 6.37. The van der Waals surface area contributed by atoms with Gasteiger partial charge in [0.2, 0.25) is 5.91 Å². The molecule has 0 fully saturated rings. The van der Waals surface area contributed by atoms with E-state index in [1.165, 1.54) is 0 Å². The van der Waals surface area contributed by atoms with Gasteiger partial charge in [0.05, 0.1) is 22.4 Å². The Morgan fingerprint density at radius 3 is 2.43 bits per heavy atom. The second-order valence-corrected chi connectivity index (χ2v) is 6.34. The number of likely N-dealkylation sites (N-methyl/N-ethyl adjacent to an activating group) is 1. The van der Waals surface area contributed by atoms with Gasteiger partial charge in [-0.05, 0) is 31.5 Å². The molecule has 0 aliphatic rings. The first-order valence-electron chi connectivity index (χ1n) is 7.05. The molecule has 0 saturated heterocycles. The molecule has 0 radical (unpaired) electrons. The summed E-state index contributed by atoms with van der Waals surface area (Å²) in [6.07, 6.45) is 0. The number of amides is 1. The lowest BCUT2D eigenvalue weighted by Gasteiger charge is -2.28. The fourth-order valence-electron chi connectivity index (χ4n) is 2.15. The van der Waals surface area contributed by atoms with Crippen LogP contribution in [-0.2, 0) is 4.79 Å². The number of nitrogens with two attached hydrogens (primary N) is 1. The number of benzene rings is 1. The third kappa shape index (κ3) is 5.06. The summed E-state index contributed by atoms with van der Waals surface area (Å²) < 4.78 is 0. The Hall–Kier alpha value is -0.970. The van der Waals surface area contributed by atoms with Crippen molar-refractivity contribution < 1.29 is 4.79 Å². The highest BCUT2D eigenvalue weighted by Gasteiger charge is 2.22. The van der Waals surface area contributed by atoms with Gasteiger partial charge in [-0.2, -0.15) is 0 Å². The Morgan fingerprint density at radius 2 is 1.95 bits per heavy atom. The van der Waals surface area contributed by atoms with E-state index >= 15 is 0 Å². The summed E-state index contributed by atoms with van der Waals surface area (Å²) in [4.78, 5) is 14.5. The van der Waals surface area contributed by atoms with Crippen LogP contribution in [0.25, 0.3) is 0 Å². The van der Waals surface area contributed by atoms with Crippen molar-refractivity contribution in [2.75, 3.05) is 24.1 Å². The predicted molar refractivity (Wildman–Crippen MR) is 91.1 cm³/mol. The van der Waals surface area contributed by atoms with Gasteiger partial charge < -0.3 is 11.1 Å². The molecule has 0 aromatic heterocycles. The number of anilines is 2. The van der Waals surface area contributed by atoms with Crippen LogP contribution >= 0.6 is 23.2 Å². The first kappa shape index (κ1) is 18.1. The zero-order valence-corrected chi connectivity index (χ0v) is 14.4. The van der Waals surface area contributed by atoms with Crippen LogP contribution in [0.1, 0.15) is 27.7 Å². The van der Waals surface area contributed by atoms with Crippen molar-refractivity contribution in [2.24, 2.45) is 5.92 Å². The van der Waals surface area contributed by atoms with E-state index < -0.39 is 0 Å². The van der Waals surface area contributed by atoms with Crippen molar-refractivity contribution in [3.8, 4) is 0 Å². The van der Waals surface area contributed by atoms with Crippen molar-refractivity contribution in [1.29, 1.82) is 0 Å². The maximum Gasteiger partial charge on any atom is 0.241 e. The topological polar surface area (TPSA) is 58.4 Å². The van der Waals surface area contributed by atoms with E-state index in [0.717, 1.165) is 13.1 Å². The van der Waals surface area contributed by atoms with Crippen LogP contribution in [0.3, 0.4) is 0 Å². The number of hydrogen-bond acceptors (Lipinski definition) is 3. The van der Waals surface area contributed by atoms with E-state index in [4.69, 9.17) is 28.9 Å². The summed E-state index contributed by atoms with van der Waals surface area (Å²) in [5.74, 6) is 0.359. The molecule has 1 atom stereocenters. The average Bonchev–Trinajstić information content (AvgIpc) is 2.38. The molecule has 0 spiro atoms. The zero-order chi connectivity index (χ0) is 16.2. The van der Waals surface area contributed by atoms with Gasteiger partial charge >= 0.3 is 0 Å². The van der Waals surface area contributed by atoms with Crippen molar-refractivity contribution in [2.45, 2.75) is 33.7 Å². The molecule has 4 nitrogen and oxygen atoms in total. The Labute approximate surface area is 136 Å². The first-order chi connectivity index (χ1) is 9.76. The van der Waals surface area contributed by atoms with Gasteiger partial charge in [0.25, 0.3) is 0 Å². The standard InChI is InChI=1S/C15H23Cl2N3O/c1-5-20(8-9(2)3)10(4)15(21)19-14-12(17)6-11(16)7-13(14)18/h6-7,9-10H,5,8,18H2,1-4H3,(H,19,21). The Morgan fingerprint density at radius 1 is 1.33 bits per heavy atom. The second-order valence-electron chi connectivity index (χ2n) is 5.50. The third-order valence-corrected chi connectivity index (χ3v) is 3.78. The maximum absolute atomic E-state index is 12.4. The predicted octanol–water partition coefficient (Wildman–Crippen LogP) is 3.88. The molecule has 118 valence electrons. The summed E-state index contributed by atoms with van der Waals surface area (Å²) >= 11 is 12.0. The summed E-state index contributed by atoms with van der Waals surface area (Å²) in [6.45, 7) is 9.82. The third-order valence-electron chi connectivity index (χ3n) is 3.27. The van der Waals surface area contributed by atoms with Crippen LogP contribution in [0, 0.1) is 5.92 Å². The summed E-state index contributed by atoms with van der Waals surface area (Å²) in [6, 6.07) is 2.87. The molecule has 0 saturated carbocycles. The van der Waals surface area contributed by atoms with Crippen LogP contribution in [0.2, 0.25) is 10.0 Å². The fraction of sp³-hybridized carbons (Fsp3) is 0.533. The summed E-state index contributed by atoms with van der Waals surface area (Å²) in [7, 11) is 0. The number of nitrogens with one attached hydrogen (secondary N) is 1. The zero-order valence-electron chi connectivity index (χ0n) is 12.9. The smallest absolute Gasteiger partial charge is 0.241 e. The minimum atomic E-state index is -0.261. The van der Waals surface area contributed by atoms with Crippen LogP contribution < -0.4 is 11.1 Å². The highest BCUT2D eigenvalue weighted by Crippen LogP contribution is 2.32. The molecule has 0 bridgehead atoms. The Kier molecular flexibility index (Phi) is 6.78. The quantitative estimate of drug-likeness (QED) is 0.777. The van der Waals surface area contributed by atoms with E-state index in [9.17, 15) is 4.79 Å². The molecule has 3 N–H and O–H groups in total. The molecule has 21 heavy (non-hydrogen) atoms. The molecule has 6 heteroatoms. The number of carbonyl (C=O) groups is 1. The fourth-order valence-corrected chi connectivity index (χ4v) is 2.71.